The minimum atomic E-state index is -4.55. The van der Waals surface area contributed by atoms with Crippen LogP contribution in [-0.4, -0.2) is 98.1 Å². The van der Waals surface area contributed by atoms with Gasteiger partial charge in [0.05, 0.1) is 32.3 Å². The predicted molar refractivity (Wildman–Crippen MR) is 166 cm³/mol. The summed E-state index contributed by atoms with van der Waals surface area (Å²) in [6.07, 6.45) is -3.31. The van der Waals surface area contributed by atoms with Gasteiger partial charge in [0.2, 0.25) is 11.8 Å². The molecule has 1 aliphatic heterocycles. The number of hydrogen-bond acceptors (Lipinski definition) is 15. The maximum atomic E-state index is 14.1. The standard InChI is InChI=1S/C29H41N6O11P/c1-6-41-21(36)15-44-47(40,34-19(26(38)45-17(3)4)13-18-11-9-8-10-12-18)43-14-20-23(37)29(5,39)27(46-20)35-16-31-22-24(35)32-28(30)33-25(22)42-7-2/h8-12,16-17,19-20,23,27,37,39H,6-7,13-15H2,1-5H3,(H,34,40)(H2,30,32,33)/t19-,20+,23+,27+,29+,47?/m0/s1. The molecule has 1 saturated heterocycles. The molecule has 18 heteroatoms. The fourth-order valence-corrected chi connectivity index (χ4v) is 6.27. The van der Waals surface area contributed by atoms with Gasteiger partial charge in [0.25, 0.3) is 0 Å². The van der Waals surface area contributed by atoms with E-state index in [1.54, 1.807) is 58.0 Å². The number of rotatable bonds is 16. The largest absolute Gasteiger partial charge is 0.476 e. The van der Waals surface area contributed by atoms with Gasteiger partial charge in [-0.3, -0.25) is 18.4 Å². The molecule has 3 aromatic rings. The van der Waals surface area contributed by atoms with E-state index in [4.69, 9.17) is 33.7 Å². The third-order valence-corrected chi connectivity index (χ3v) is 8.58. The first-order chi connectivity index (χ1) is 22.3. The lowest BCUT2D eigenvalue weighted by Gasteiger charge is -2.27. The Bertz CT molecular complexity index is 1570. The van der Waals surface area contributed by atoms with Gasteiger partial charge in [0.15, 0.2) is 24.0 Å². The Morgan fingerprint density at radius 1 is 1.17 bits per heavy atom. The van der Waals surface area contributed by atoms with Gasteiger partial charge in [0, 0.05) is 0 Å². The normalized spacial score (nSPS) is 23.0. The van der Waals surface area contributed by atoms with Crippen molar-refractivity contribution >= 4 is 36.8 Å². The molecule has 0 spiro atoms. The van der Waals surface area contributed by atoms with Crippen molar-refractivity contribution in [3.05, 3.63) is 42.2 Å². The smallest absolute Gasteiger partial charge is 0.406 e. The Labute approximate surface area is 271 Å². The van der Waals surface area contributed by atoms with Gasteiger partial charge in [0.1, 0.15) is 23.9 Å². The number of nitrogens with zero attached hydrogens (tertiary/aromatic N) is 4. The number of fused-ring (bicyclic) bond motifs is 1. The van der Waals surface area contributed by atoms with E-state index < -0.39 is 69.1 Å². The molecule has 0 aliphatic carbocycles. The van der Waals surface area contributed by atoms with Gasteiger partial charge in [-0.15, -0.1) is 0 Å². The highest BCUT2D eigenvalue weighted by molar-refractivity contribution is 7.51. The zero-order valence-electron chi connectivity index (χ0n) is 26.8. The Hall–Kier alpha value is -3.70. The predicted octanol–water partition coefficient (Wildman–Crippen LogP) is 1.67. The average molecular weight is 681 g/mol. The highest BCUT2D eigenvalue weighted by Gasteiger charge is 2.54. The van der Waals surface area contributed by atoms with Crippen molar-refractivity contribution in [2.24, 2.45) is 0 Å². The van der Waals surface area contributed by atoms with Gasteiger partial charge in [-0.1, -0.05) is 30.3 Å². The summed E-state index contributed by atoms with van der Waals surface area (Å²) in [6.45, 7) is 6.92. The van der Waals surface area contributed by atoms with Crippen LogP contribution in [0.5, 0.6) is 5.88 Å². The Kier molecular flexibility index (Phi) is 11.9. The number of hydrogen-bond donors (Lipinski definition) is 4. The minimum Gasteiger partial charge on any atom is -0.476 e. The van der Waals surface area contributed by atoms with Crippen LogP contribution in [0, 0.1) is 0 Å². The van der Waals surface area contributed by atoms with E-state index in [0.717, 1.165) is 0 Å². The molecule has 17 nitrogen and oxygen atoms in total. The third kappa shape index (κ3) is 8.81. The number of esters is 2. The number of anilines is 1. The maximum absolute atomic E-state index is 14.1. The Morgan fingerprint density at radius 2 is 1.89 bits per heavy atom. The van der Waals surface area contributed by atoms with Crippen LogP contribution < -0.4 is 15.6 Å². The summed E-state index contributed by atoms with van der Waals surface area (Å²) in [5.74, 6) is -1.57. The molecule has 0 radical (unpaired) electrons. The zero-order chi connectivity index (χ0) is 34.4. The van der Waals surface area contributed by atoms with Crippen LogP contribution >= 0.6 is 7.75 Å². The van der Waals surface area contributed by atoms with Crippen LogP contribution in [0.2, 0.25) is 0 Å². The van der Waals surface area contributed by atoms with E-state index in [1.165, 1.54) is 17.8 Å². The van der Waals surface area contributed by atoms with Crippen LogP contribution in [0.3, 0.4) is 0 Å². The first-order valence-corrected chi connectivity index (χ1v) is 16.6. The van der Waals surface area contributed by atoms with Crippen LogP contribution in [0.15, 0.2) is 36.7 Å². The monoisotopic (exact) mass is 680 g/mol. The van der Waals surface area contributed by atoms with Crippen molar-refractivity contribution in [1.29, 1.82) is 0 Å². The summed E-state index contributed by atoms with van der Waals surface area (Å²) in [5, 5.41) is 25.1. The average Bonchev–Trinajstić information content (AvgIpc) is 3.52. The van der Waals surface area contributed by atoms with E-state index in [9.17, 15) is 24.4 Å². The van der Waals surface area contributed by atoms with Crippen molar-refractivity contribution in [1.82, 2.24) is 24.6 Å². The summed E-state index contributed by atoms with van der Waals surface area (Å²) >= 11 is 0. The second-order valence-corrected chi connectivity index (χ2v) is 12.8. The van der Waals surface area contributed by atoms with E-state index >= 15 is 0 Å². The van der Waals surface area contributed by atoms with Crippen molar-refractivity contribution in [2.45, 2.75) is 77.2 Å². The van der Waals surface area contributed by atoms with Crippen LogP contribution in [0.1, 0.15) is 46.4 Å². The molecule has 3 heterocycles. The molecular formula is C29H41N6O11P. The highest BCUT2D eigenvalue weighted by Crippen LogP contribution is 2.47. The van der Waals surface area contributed by atoms with Crippen molar-refractivity contribution in [3.8, 4) is 5.88 Å². The SMILES string of the molecule is CCOC(=O)COP(=O)(N[C@@H](Cc1ccccc1)C(=O)OC(C)C)OC[C@H]1O[C@@H](n2cnc3c(OCC)nc(N)nc32)[C@](C)(O)[C@@H]1O. The number of nitrogens with one attached hydrogen (secondary N) is 1. The summed E-state index contributed by atoms with van der Waals surface area (Å²) in [7, 11) is -4.55. The summed E-state index contributed by atoms with van der Waals surface area (Å²) in [5.41, 5.74) is 5.04. The number of carbonyl (C=O) groups excluding carboxylic acids is 2. The second-order valence-electron chi connectivity index (χ2n) is 11.1. The maximum Gasteiger partial charge on any atom is 0.406 e. The lowest BCUT2D eigenvalue weighted by molar-refractivity contribution is -0.149. The molecule has 47 heavy (non-hydrogen) atoms. The number of imidazole rings is 1. The molecular weight excluding hydrogens is 639 g/mol. The van der Waals surface area contributed by atoms with Crippen LogP contribution in [0.25, 0.3) is 11.2 Å². The number of aromatic nitrogens is 4. The van der Waals surface area contributed by atoms with E-state index in [1.807, 2.05) is 0 Å². The first-order valence-electron chi connectivity index (χ1n) is 15.0. The molecule has 1 aromatic carbocycles. The molecule has 1 aliphatic rings. The molecule has 5 N–H and O–H groups in total. The van der Waals surface area contributed by atoms with E-state index in [-0.39, 0.29) is 42.6 Å². The van der Waals surface area contributed by atoms with Crippen molar-refractivity contribution in [3.63, 3.8) is 0 Å². The summed E-state index contributed by atoms with van der Waals surface area (Å²) in [6, 6.07) is 7.65. The van der Waals surface area contributed by atoms with Crippen molar-refractivity contribution < 1.29 is 52.4 Å². The van der Waals surface area contributed by atoms with Gasteiger partial charge < -0.3 is 34.9 Å². The number of aliphatic hydroxyl groups excluding tert-OH is 1. The fourth-order valence-electron chi connectivity index (χ4n) is 4.85. The molecule has 0 bridgehead atoms. The molecule has 4 rings (SSSR count). The molecule has 0 saturated carbocycles. The summed E-state index contributed by atoms with van der Waals surface area (Å²) in [4.78, 5) is 37.8. The summed E-state index contributed by atoms with van der Waals surface area (Å²) < 4.78 is 48.3. The number of nitrogens with two attached hydrogens (primary N) is 1. The van der Waals surface area contributed by atoms with E-state index in [2.05, 4.69) is 20.0 Å². The highest BCUT2D eigenvalue weighted by atomic mass is 31.2. The molecule has 1 unspecified atom stereocenters. The molecule has 6 atom stereocenters. The Balaban J connectivity index is 1.59. The van der Waals surface area contributed by atoms with Gasteiger partial charge in [-0.2, -0.15) is 9.97 Å². The lowest BCUT2D eigenvalue weighted by atomic mass is 9.96. The van der Waals surface area contributed by atoms with Crippen LogP contribution in [0.4, 0.5) is 5.95 Å². The van der Waals surface area contributed by atoms with Gasteiger partial charge in [-0.25, -0.2) is 19.4 Å². The molecule has 2 aromatic heterocycles. The van der Waals surface area contributed by atoms with Crippen molar-refractivity contribution in [2.75, 3.05) is 32.2 Å². The van der Waals surface area contributed by atoms with Crippen LogP contribution in [-0.2, 0) is 43.8 Å². The number of benzene rings is 1. The lowest BCUT2D eigenvalue weighted by Crippen LogP contribution is -2.44. The quantitative estimate of drug-likeness (QED) is 0.125. The third-order valence-electron chi connectivity index (χ3n) is 6.99. The van der Waals surface area contributed by atoms with Gasteiger partial charge >= 0.3 is 19.7 Å². The van der Waals surface area contributed by atoms with E-state index in [0.29, 0.717) is 5.56 Å². The molecule has 258 valence electrons. The Morgan fingerprint density at radius 3 is 2.55 bits per heavy atom. The zero-order valence-corrected chi connectivity index (χ0v) is 27.7. The number of carbonyl (C=O) groups is 2. The second kappa shape index (κ2) is 15.5. The fraction of sp³-hybridized carbons (Fsp3) is 0.552. The molecule has 0 amide bonds. The topological polar surface area (TPSA) is 229 Å². The first kappa shape index (κ1) is 36.1. The molecule has 1 fully saturated rings. The number of nitrogen functional groups attached to an aromatic ring is 1. The number of ether oxygens (including phenoxy) is 4. The number of aliphatic hydroxyl groups is 2. The van der Waals surface area contributed by atoms with Gasteiger partial charge in [-0.05, 0) is 46.6 Å². The minimum absolute atomic E-state index is 0.0320.